The lowest BCUT2D eigenvalue weighted by atomic mass is 10.1. The van der Waals surface area contributed by atoms with E-state index in [2.05, 4.69) is 5.10 Å². The molecule has 0 N–H and O–H groups in total. The predicted molar refractivity (Wildman–Crippen MR) is 122 cm³/mol. The molecule has 0 fully saturated rings. The number of benzene rings is 3. The minimum Gasteiger partial charge on any atom is -0.457 e. The lowest BCUT2D eigenvalue weighted by Gasteiger charge is -2.15. The first-order valence-corrected chi connectivity index (χ1v) is 10.4. The molecule has 2 heterocycles. The lowest BCUT2D eigenvalue weighted by molar-refractivity contribution is 0.0472. The molecule has 2 amide bonds. The number of imide groups is 1. The van der Waals surface area contributed by atoms with E-state index in [1.165, 1.54) is 18.2 Å². The van der Waals surface area contributed by atoms with Crippen molar-refractivity contribution in [2.75, 3.05) is 4.90 Å². The molecule has 3 aromatic carbocycles. The van der Waals surface area contributed by atoms with Crippen LogP contribution in [0.1, 0.15) is 36.6 Å². The SMILES string of the molecule is O=C(OCc1ccc(-n2cccn2)cc1)c1ccc2c(c1)C(=O)N(c1ccccc1Cl)C2=O. The Kier molecular flexibility index (Phi) is 5.24. The molecule has 0 aliphatic carbocycles. The fourth-order valence-electron chi connectivity index (χ4n) is 3.62. The predicted octanol–water partition coefficient (Wildman–Crippen LogP) is 4.68. The zero-order chi connectivity index (χ0) is 22.9. The largest absolute Gasteiger partial charge is 0.457 e. The number of carbonyl (C=O) groups is 3. The monoisotopic (exact) mass is 457 g/mol. The van der Waals surface area contributed by atoms with Gasteiger partial charge in [0.2, 0.25) is 0 Å². The van der Waals surface area contributed by atoms with Crippen LogP contribution >= 0.6 is 11.6 Å². The van der Waals surface area contributed by atoms with Crippen LogP contribution in [0.4, 0.5) is 5.69 Å². The van der Waals surface area contributed by atoms with Gasteiger partial charge in [-0.2, -0.15) is 5.10 Å². The molecule has 7 nitrogen and oxygen atoms in total. The minimum atomic E-state index is -0.592. The standard InChI is InChI=1S/C25H16ClN3O4/c26-21-4-1-2-5-22(21)29-23(30)19-11-8-17(14-20(19)24(29)31)25(32)33-15-16-6-9-18(10-7-16)28-13-3-12-27-28/h1-14H,15H2. The van der Waals surface area contributed by atoms with Gasteiger partial charge < -0.3 is 4.74 Å². The Hall–Kier alpha value is -4.23. The maximum absolute atomic E-state index is 12.9. The van der Waals surface area contributed by atoms with Crippen LogP contribution in [-0.4, -0.2) is 27.6 Å². The van der Waals surface area contributed by atoms with E-state index in [1.54, 1.807) is 35.1 Å². The quantitative estimate of drug-likeness (QED) is 0.321. The van der Waals surface area contributed by atoms with Gasteiger partial charge in [-0.1, -0.05) is 35.9 Å². The number of para-hydroxylation sites is 1. The van der Waals surface area contributed by atoms with Crippen LogP contribution < -0.4 is 4.90 Å². The molecule has 1 aliphatic rings. The molecule has 5 rings (SSSR count). The summed E-state index contributed by atoms with van der Waals surface area (Å²) in [6, 6.07) is 20.2. The van der Waals surface area contributed by atoms with E-state index >= 15 is 0 Å². The van der Waals surface area contributed by atoms with Gasteiger partial charge in [-0.05, 0) is 54.1 Å². The normalized spacial score (nSPS) is 12.7. The first-order chi connectivity index (χ1) is 16.0. The number of amides is 2. The van der Waals surface area contributed by atoms with Gasteiger partial charge in [-0.15, -0.1) is 0 Å². The Labute approximate surface area is 193 Å². The van der Waals surface area contributed by atoms with E-state index in [4.69, 9.17) is 16.3 Å². The van der Waals surface area contributed by atoms with E-state index in [9.17, 15) is 14.4 Å². The van der Waals surface area contributed by atoms with Crippen molar-refractivity contribution in [3.8, 4) is 5.69 Å². The van der Waals surface area contributed by atoms with Crippen LogP contribution in [0, 0.1) is 0 Å². The first-order valence-electron chi connectivity index (χ1n) is 10.1. The van der Waals surface area contributed by atoms with E-state index in [1.807, 2.05) is 36.5 Å². The van der Waals surface area contributed by atoms with Crippen molar-refractivity contribution in [2.24, 2.45) is 0 Å². The number of nitrogens with zero attached hydrogens (tertiary/aromatic N) is 3. The minimum absolute atomic E-state index is 0.0634. The molecule has 0 unspecified atom stereocenters. The summed E-state index contributed by atoms with van der Waals surface area (Å²) in [5, 5.41) is 4.45. The summed E-state index contributed by atoms with van der Waals surface area (Å²) >= 11 is 6.17. The average molecular weight is 458 g/mol. The smallest absolute Gasteiger partial charge is 0.338 e. The average Bonchev–Trinajstić information content (AvgIpc) is 3.46. The summed E-state index contributed by atoms with van der Waals surface area (Å²) in [5.74, 6) is -1.61. The molecule has 4 aromatic rings. The van der Waals surface area contributed by atoms with E-state index < -0.39 is 17.8 Å². The number of aromatic nitrogens is 2. The van der Waals surface area contributed by atoms with Gasteiger partial charge in [0.15, 0.2) is 0 Å². The fourth-order valence-corrected chi connectivity index (χ4v) is 3.84. The Balaban J connectivity index is 1.31. The number of hydrogen-bond donors (Lipinski definition) is 0. The Bertz CT molecular complexity index is 1380. The second-order valence-electron chi connectivity index (χ2n) is 7.35. The fraction of sp³-hybridized carbons (Fsp3) is 0.0400. The molecular formula is C25H16ClN3O4. The number of halogens is 1. The van der Waals surface area contributed by atoms with Gasteiger partial charge in [0.25, 0.3) is 11.8 Å². The highest BCUT2D eigenvalue weighted by Crippen LogP contribution is 2.33. The number of hydrogen-bond acceptors (Lipinski definition) is 5. The zero-order valence-corrected chi connectivity index (χ0v) is 17.9. The number of ether oxygens (including phenoxy) is 1. The maximum atomic E-state index is 12.9. The van der Waals surface area contributed by atoms with Gasteiger partial charge >= 0.3 is 5.97 Å². The molecule has 0 radical (unpaired) electrons. The lowest BCUT2D eigenvalue weighted by Crippen LogP contribution is -2.29. The molecule has 0 spiro atoms. The van der Waals surface area contributed by atoms with E-state index in [0.717, 1.165) is 16.2 Å². The van der Waals surface area contributed by atoms with Crippen LogP contribution in [0.5, 0.6) is 0 Å². The van der Waals surface area contributed by atoms with Gasteiger partial charge in [-0.25, -0.2) is 14.4 Å². The van der Waals surface area contributed by atoms with Crippen molar-refractivity contribution < 1.29 is 19.1 Å². The molecule has 0 saturated heterocycles. The molecule has 1 aliphatic heterocycles. The summed E-state index contributed by atoms with van der Waals surface area (Å²) in [7, 11) is 0. The summed E-state index contributed by atoms with van der Waals surface area (Å²) in [6.45, 7) is 0.0634. The van der Waals surface area contributed by atoms with Gasteiger partial charge in [0.1, 0.15) is 6.61 Å². The molecule has 0 bridgehead atoms. The molecule has 162 valence electrons. The Morgan fingerprint density at radius 2 is 1.67 bits per heavy atom. The molecule has 1 aromatic heterocycles. The third kappa shape index (κ3) is 3.79. The number of fused-ring (bicyclic) bond motifs is 1. The van der Waals surface area contributed by atoms with Crippen LogP contribution in [0.15, 0.2) is 85.2 Å². The Morgan fingerprint density at radius 1 is 0.909 bits per heavy atom. The van der Waals surface area contributed by atoms with Crippen molar-refractivity contribution in [3.63, 3.8) is 0 Å². The molecule has 0 atom stereocenters. The van der Waals surface area contributed by atoms with Crippen LogP contribution in [0.3, 0.4) is 0 Å². The highest BCUT2D eigenvalue weighted by Gasteiger charge is 2.38. The third-order valence-corrected chi connectivity index (χ3v) is 5.61. The van der Waals surface area contributed by atoms with Gasteiger partial charge in [-0.3, -0.25) is 9.59 Å². The summed E-state index contributed by atoms with van der Waals surface area (Å²) < 4.78 is 7.13. The number of rotatable bonds is 5. The third-order valence-electron chi connectivity index (χ3n) is 5.29. The summed E-state index contributed by atoms with van der Waals surface area (Å²) in [4.78, 5) is 39.3. The number of esters is 1. The second-order valence-corrected chi connectivity index (χ2v) is 7.76. The summed E-state index contributed by atoms with van der Waals surface area (Å²) in [6.07, 6.45) is 3.53. The van der Waals surface area contributed by atoms with Crippen molar-refractivity contribution in [1.82, 2.24) is 9.78 Å². The Morgan fingerprint density at radius 3 is 2.39 bits per heavy atom. The van der Waals surface area contributed by atoms with E-state index in [0.29, 0.717) is 5.69 Å². The van der Waals surface area contributed by atoms with Crippen LogP contribution in [0.2, 0.25) is 5.02 Å². The zero-order valence-electron chi connectivity index (χ0n) is 17.1. The van der Waals surface area contributed by atoms with Crippen molar-refractivity contribution in [1.29, 1.82) is 0 Å². The summed E-state index contributed by atoms with van der Waals surface area (Å²) in [5.41, 5.74) is 2.53. The number of anilines is 1. The highest BCUT2D eigenvalue weighted by atomic mass is 35.5. The van der Waals surface area contributed by atoms with Crippen molar-refractivity contribution in [2.45, 2.75) is 6.61 Å². The second kappa shape index (κ2) is 8.37. The van der Waals surface area contributed by atoms with Gasteiger partial charge in [0.05, 0.1) is 33.1 Å². The number of carbonyl (C=O) groups excluding carboxylic acids is 3. The van der Waals surface area contributed by atoms with Crippen molar-refractivity contribution >= 4 is 35.1 Å². The topological polar surface area (TPSA) is 81.5 Å². The highest BCUT2D eigenvalue weighted by molar-refractivity contribution is 6.39. The van der Waals surface area contributed by atoms with Crippen molar-refractivity contribution in [3.05, 3.63) is 112 Å². The molecule has 33 heavy (non-hydrogen) atoms. The van der Waals surface area contributed by atoms with Gasteiger partial charge in [0, 0.05) is 12.4 Å². The van der Waals surface area contributed by atoms with E-state index in [-0.39, 0.29) is 28.3 Å². The first kappa shape index (κ1) is 20.7. The maximum Gasteiger partial charge on any atom is 0.338 e. The van der Waals surface area contributed by atoms with Crippen LogP contribution in [-0.2, 0) is 11.3 Å². The van der Waals surface area contributed by atoms with Crippen LogP contribution in [0.25, 0.3) is 5.69 Å². The molecule has 8 heteroatoms. The molecular weight excluding hydrogens is 442 g/mol. The molecule has 0 saturated carbocycles.